The van der Waals surface area contributed by atoms with Gasteiger partial charge >= 0.3 is 18.1 Å². The molecule has 0 unspecified atom stereocenters. The van der Waals surface area contributed by atoms with Gasteiger partial charge in [0.05, 0.1) is 5.69 Å². The van der Waals surface area contributed by atoms with Crippen molar-refractivity contribution in [3.63, 3.8) is 0 Å². The van der Waals surface area contributed by atoms with Gasteiger partial charge in [0.25, 0.3) is 0 Å². The number of carboxylic acid groups (broad SMARTS) is 1. The highest BCUT2D eigenvalue weighted by molar-refractivity contribution is 7.10. The molecule has 0 fully saturated rings. The molecule has 0 atom stereocenters. The van der Waals surface area contributed by atoms with Gasteiger partial charge in [-0.05, 0) is 12.1 Å². The topological polar surface area (TPSA) is 63.1 Å². The molecule has 0 spiro atoms. The van der Waals surface area contributed by atoms with Gasteiger partial charge in [0.1, 0.15) is 11.4 Å². The average Bonchev–Trinajstić information content (AvgIpc) is 2.88. The zero-order valence-corrected chi connectivity index (χ0v) is 10.7. The van der Waals surface area contributed by atoms with Crippen LogP contribution in [0.2, 0.25) is 0 Å². The van der Waals surface area contributed by atoms with Crippen molar-refractivity contribution < 1.29 is 31.9 Å². The molecule has 2 heterocycles. The lowest BCUT2D eigenvalue weighted by Gasteiger charge is -2.10. The predicted molar refractivity (Wildman–Crippen MR) is 61.9 cm³/mol. The van der Waals surface area contributed by atoms with Crippen LogP contribution >= 0.6 is 11.3 Å². The molecule has 0 bridgehead atoms. The fourth-order valence-corrected chi connectivity index (χ4v) is 2.06. The molecule has 112 valence electrons. The van der Waals surface area contributed by atoms with Crippen LogP contribution in [0.25, 0.3) is 11.4 Å². The summed E-state index contributed by atoms with van der Waals surface area (Å²) < 4.78 is 63.9. The summed E-state index contributed by atoms with van der Waals surface area (Å²) in [6, 6.07) is 3.01. The minimum Gasteiger partial charge on any atom is -0.476 e. The summed E-state index contributed by atoms with van der Waals surface area (Å²) in [5.41, 5.74) is -1.59. The predicted octanol–water partition coefficient (Wildman–Crippen LogP) is 3.40. The smallest absolute Gasteiger partial charge is 0.443 e. The first-order valence-corrected chi connectivity index (χ1v) is 6.12. The summed E-state index contributed by atoms with van der Waals surface area (Å²) in [5.74, 6) is -6.64. The fraction of sp³-hybridized carbons (Fsp3) is 0.182. The van der Waals surface area contributed by atoms with Crippen LogP contribution in [-0.2, 0) is 16.9 Å². The Bertz CT molecular complexity index is 683. The van der Waals surface area contributed by atoms with E-state index in [0.717, 1.165) is 23.6 Å². The number of hydrogen-bond donors (Lipinski definition) is 1. The molecular formula is C11H5F5N2O2S. The summed E-state index contributed by atoms with van der Waals surface area (Å²) in [7, 11) is 0. The summed E-state index contributed by atoms with van der Waals surface area (Å²) in [6.07, 6.45) is -4.65. The van der Waals surface area contributed by atoms with Gasteiger partial charge in [-0.15, -0.1) is 11.3 Å². The maximum absolute atomic E-state index is 13.3. The van der Waals surface area contributed by atoms with E-state index >= 15 is 0 Å². The Hall–Kier alpha value is -2.10. The molecule has 2 aromatic heterocycles. The van der Waals surface area contributed by atoms with Crippen LogP contribution in [0.4, 0.5) is 22.0 Å². The SMILES string of the molecule is O=C(O)C(F)(F)c1cccc(-c2csc(C(F)(F)F)n2)n1. The van der Waals surface area contributed by atoms with Gasteiger partial charge in [-0.2, -0.15) is 22.0 Å². The lowest BCUT2D eigenvalue weighted by Crippen LogP contribution is -2.26. The quantitative estimate of drug-likeness (QED) is 0.879. The van der Waals surface area contributed by atoms with E-state index in [-0.39, 0.29) is 11.4 Å². The number of pyridine rings is 1. The van der Waals surface area contributed by atoms with Crippen LogP contribution in [-0.4, -0.2) is 21.0 Å². The van der Waals surface area contributed by atoms with Crippen LogP contribution in [0.1, 0.15) is 10.7 Å². The van der Waals surface area contributed by atoms with E-state index in [1.165, 1.54) is 0 Å². The Kier molecular flexibility index (Phi) is 3.66. The summed E-state index contributed by atoms with van der Waals surface area (Å²) in [6.45, 7) is 0. The van der Waals surface area contributed by atoms with E-state index in [1.807, 2.05) is 0 Å². The molecule has 0 saturated heterocycles. The van der Waals surface area contributed by atoms with Gasteiger partial charge < -0.3 is 5.11 Å². The highest BCUT2D eigenvalue weighted by Crippen LogP contribution is 2.34. The van der Waals surface area contributed by atoms with E-state index in [1.54, 1.807) is 0 Å². The normalized spacial score (nSPS) is 12.4. The second-order valence-corrected chi connectivity index (χ2v) is 4.68. The van der Waals surface area contributed by atoms with Crippen LogP contribution in [0.3, 0.4) is 0 Å². The fourth-order valence-electron chi connectivity index (χ4n) is 1.38. The molecular weight excluding hydrogens is 319 g/mol. The van der Waals surface area contributed by atoms with Gasteiger partial charge in [-0.3, -0.25) is 0 Å². The first-order valence-electron chi connectivity index (χ1n) is 5.24. The van der Waals surface area contributed by atoms with E-state index in [9.17, 15) is 26.7 Å². The van der Waals surface area contributed by atoms with Gasteiger partial charge in [0.2, 0.25) is 0 Å². The Labute approximate surface area is 117 Å². The third-order valence-electron chi connectivity index (χ3n) is 2.35. The van der Waals surface area contributed by atoms with Crippen LogP contribution < -0.4 is 0 Å². The molecule has 0 radical (unpaired) electrons. The van der Waals surface area contributed by atoms with Gasteiger partial charge in [0, 0.05) is 5.38 Å². The highest BCUT2D eigenvalue weighted by atomic mass is 32.1. The van der Waals surface area contributed by atoms with Crippen molar-refractivity contribution in [1.82, 2.24) is 9.97 Å². The maximum Gasteiger partial charge on any atom is 0.443 e. The lowest BCUT2D eigenvalue weighted by molar-refractivity contribution is -0.166. The number of halogens is 5. The number of thiazole rings is 1. The second kappa shape index (κ2) is 5.02. The number of alkyl halides is 5. The first-order chi connectivity index (χ1) is 9.62. The lowest BCUT2D eigenvalue weighted by atomic mass is 10.2. The molecule has 0 aliphatic carbocycles. The minimum atomic E-state index is -4.65. The first kappa shape index (κ1) is 15.3. The molecule has 0 saturated carbocycles. The third-order valence-corrected chi connectivity index (χ3v) is 3.24. The molecule has 4 nitrogen and oxygen atoms in total. The van der Waals surface area contributed by atoms with E-state index in [2.05, 4.69) is 9.97 Å². The van der Waals surface area contributed by atoms with Crippen molar-refractivity contribution in [2.24, 2.45) is 0 Å². The van der Waals surface area contributed by atoms with Gasteiger partial charge in [0.15, 0.2) is 5.01 Å². The van der Waals surface area contributed by atoms with Gasteiger partial charge in [-0.25, -0.2) is 14.8 Å². The maximum atomic E-state index is 13.3. The Morgan fingerprint density at radius 1 is 1.10 bits per heavy atom. The number of nitrogens with zero attached hydrogens (tertiary/aromatic N) is 2. The monoisotopic (exact) mass is 324 g/mol. The third kappa shape index (κ3) is 2.99. The van der Waals surface area contributed by atoms with Crippen molar-refractivity contribution in [1.29, 1.82) is 0 Å². The van der Waals surface area contributed by atoms with Crippen LogP contribution in [0, 0.1) is 0 Å². The van der Waals surface area contributed by atoms with Crippen LogP contribution in [0.5, 0.6) is 0 Å². The molecule has 0 amide bonds. The van der Waals surface area contributed by atoms with Crippen molar-refractivity contribution in [2.45, 2.75) is 12.1 Å². The van der Waals surface area contributed by atoms with E-state index in [4.69, 9.17) is 5.11 Å². The van der Waals surface area contributed by atoms with E-state index < -0.39 is 28.8 Å². The van der Waals surface area contributed by atoms with Crippen molar-refractivity contribution in [2.75, 3.05) is 0 Å². The molecule has 21 heavy (non-hydrogen) atoms. The summed E-state index contributed by atoms with van der Waals surface area (Å²) in [5, 5.41) is 8.28. The second-order valence-electron chi connectivity index (χ2n) is 3.82. The number of aliphatic carboxylic acids is 1. The van der Waals surface area contributed by atoms with Crippen molar-refractivity contribution in [3.05, 3.63) is 34.3 Å². The number of carbonyl (C=O) groups is 1. The van der Waals surface area contributed by atoms with Crippen LogP contribution in [0.15, 0.2) is 23.6 Å². The number of hydrogen-bond acceptors (Lipinski definition) is 4. The molecule has 0 aliphatic heterocycles. The van der Waals surface area contributed by atoms with Crippen molar-refractivity contribution >= 4 is 17.3 Å². The Balaban J connectivity index is 2.43. The summed E-state index contributed by atoms with van der Waals surface area (Å²) >= 11 is 0.291. The summed E-state index contributed by atoms with van der Waals surface area (Å²) in [4.78, 5) is 17.1. The molecule has 1 N–H and O–H groups in total. The Morgan fingerprint density at radius 2 is 1.76 bits per heavy atom. The average molecular weight is 324 g/mol. The van der Waals surface area contributed by atoms with Crippen molar-refractivity contribution in [3.8, 4) is 11.4 Å². The molecule has 10 heteroatoms. The molecule has 2 aromatic rings. The molecule has 0 aliphatic rings. The number of rotatable bonds is 3. The zero-order valence-electron chi connectivity index (χ0n) is 9.86. The molecule has 2 rings (SSSR count). The van der Waals surface area contributed by atoms with Gasteiger partial charge in [-0.1, -0.05) is 6.07 Å². The number of aromatic nitrogens is 2. The number of carboxylic acids is 1. The standard InChI is InChI=1S/C11H5F5N2O2S/c12-10(13,9(19)20)7-3-1-2-5(17-7)6-4-21-8(18-6)11(14,15)16/h1-4H,(H,19,20). The highest BCUT2D eigenvalue weighted by Gasteiger charge is 2.43. The minimum absolute atomic E-state index is 0.254. The van der Waals surface area contributed by atoms with E-state index in [0.29, 0.717) is 11.3 Å². The Morgan fingerprint density at radius 3 is 2.29 bits per heavy atom. The molecule has 0 aromatic carbocycles. The largest absolute Gasteiger partial charge is 0.476 e. The zero-order chi connectivity index (χ0) is 15.8.